The second-order valence-electron chi connectivity index (χ2n) is 4.53. The number of rotatable bonds is 4. The van der Waals surface area contributed by atoms with E-state index in [-0.39, 0.29) is 5.69 Å². The summed E-state index contributed by atoms with van der Waals surface area (Å²) in [7, 11) is 0. The van der Waals surface area contributed by atoms with E-state index < -0.39 is 4.92 Å². The molecule has 1 aromatic heterocycles. The molecule has 3 rings (SSSR count). The Morgan fingerprint density at radius 2 is 2.00 bits per heavy atom. The molecule has 0 saturated carbocycles. The molecule has 1 heterocycles. The summed E-state index contributed by atoms with van der Waals surface area (Å²) in [6, 6.07) is 14.6. The number of hydrogen-bond donors (Lipinski definition) is 1. The molecule has 0 fully saturated rings. The predicted molar refractivity (Wildman–Crippen MR) is 84.3 cm³/mol. The third-order valence-corrected chi connectivity index (χ3v) is 3.76. The van der Waals surface area contributed by atoms with Crippen LogP contribution in [0.1, 0.15) is 5.76 Å². The predicted octanol–water partition coefficient (Wildman–Crippen LogP) is 4.72. The quantitative estimate of drug-likeness (QED) is 0.548. The molecule has 0 aliphatic carbocycles. The molecule has 0 aliphatic rings. The van der Waals surface area contributed by atoms with Crippen LogP contribution in [0.5, 0.6) is 0 Å². The van der Waals surface area contributed by atoms with Crippen molar-refractivity contribution in [2.75, 3.05) is 5.32 Å². The minimum Gasteiger partial charge on any atom is -0.459 e. The molecule has 0 amide bonds. The topological polar surface area (TPSA) is 68.3 Å². The van der Waals surface area contributed by atoms with Crippen molar-refractivity contribution < 1.29 is 9.34 Å². The Hall–Kier alpha value is -2.34. The zero-order chi connectivity index (χ0) is 14.8. The fourth-order valence-corrected chi connectivity index (χ4v) is 2.47. The number of nitro groups is 1. The summed E-state index contributed by atoms with van der Waals surface area (Å²) in [6.07, 6.45) is 0. The van der Waals surface area contributed by atoms with E-state index in [1.165, 1.54) is 6.07 Å². The van der Waals surface area contributed by atoms with Gasteiger partial charge in [0.2, 0.25) is 0 Å². The molecule has 1 N–H and O–H groups in total. The van der Waals surface area contributed by atoms with Crippen LogP contribution in [0.2, 0.25) is 0 Å². The van der Waals surface area contributed by atoms with Gasteiger partial charge in [-0.05, 0) is 40.2 Å². The molecule has 0 bridgehead atoms. The van der Waals surface area contributed by atoms with E-state index >= 15 is 0 Å². The number of nitrogens with one attached hydrogen (secondary N) is 1. The van der Waals surface area contributed by atoms with Gasteiger partial charge in [-0.2, -0.15) is 0 Å². The molecule has 0 radical (unpaired) electrons. The summed E-state index contributed by atoms with van der Waals surface area (Å²) in [6.45, 7) is 0.466. The van der Waals surface area contributed by atoms with E-state index in [0.29, 0.717) is 16.7 Å². The van der Waals surface area contributed by atoms with Crippen LogP contribution in [0.3, 0.4) is 0 Å². The normalized spacial score (nSPS) is 10.7. The lowest BCUT2D eigenvalue weighted by atomic mass is 10.2. The number of hydrogen-bond acceptors (Lipinski definition) is 4. The highest BCUT2D eigenvalue weighted by Crippen LogP contribution is 2.28. The minimum absolute atomic E-state index is 0.0320. The number of nitro benzene ring substituents is 1. The molecular formula is C15H11BrN2O3. The summed E-state index contributed by atoms with van der Waals surface area (Å²) in [5, 5.41) is 15.1. The van der Waals surface area contributed by atoms with E-state index in [1.807, 2.05) is 30.3 Å². The number of halogens is 1. The molecule has 3 aromatic rings. The van der Waals surface area contributed by atoms with Crippen LogP contribution < -0.4 is 5.32 Å². The van der Waals surface area contributed by atoms with Crippen LogP contribution >= 0.6 is 15.9 Å². The van der Waals surface area contributed by atoms with Gasteiger partial charge in [0.15, 0.2) is 0 Å². The van der Waals surface area contributed by atoms with Crippen LogP contribution in [0, 0.1) is 10.1 Å². The van der Waals surface area contributed by atoms with Crippen molar-refractivity contribution in [3.63, 3.8) is 0 Å². The lowest BCUT2D eigenvalue weighted by Gasteiger charge is -2.04. The molecule has 2 aromatic carbocycles. The maximum atomic E-state index is 10.9. The Balaban J connectivity index is 1.78. The third kappa shape index (κ3) is 2.90. The van der Waals surface area contributed by atoms with E-state index in [9.17, 15) is 10.1 Å². The summed E-state index contributed by atoms with van der Waals surface area (Å²) in [4.78, 5) is 10.5. The van der Waals surface area contributed by atoms with Crippen LogP contribution in [0.25, 0.3) is 11.0 Å². The molecule has 106 valence electrons. The highest BCUT2D eigenvalue weighted by molar-refractivity contribution is 9.10. The Bertz CT molecular complexity index is 781. The summed E-state index contributed by atoms with van der Waals surface area (Å²) in [5.74, 6) is 0.779. The number of fused-ring (bicyclic) bond motifs is 1. The maximum Gasteiger partial charge on any atom is 0.285 e. The maximum absolute atomic E-state index is 10.9. The Morgan fingerprint density at radius 1 is 1.19 bits per heavy atom. The standard InChI is InChI=1S/C15H11BrN2O3/c16-13-6-5-11(8-14(13)18(19)20)17-9-12-7-10-3-1-2-4-15(10)21-12/h1-8,17H,9H2. The number of benzene rings is 2. The lowest BCUT2D eigenvalue weighted by molar-refractivity contribution is -0.385. The van der Waals surface area contributed by atoms with Gasteiger partial charge in [-0.15, -0.1) is 0 Å². The first-order valence-corrected chi connectivity index (χ1v) is 7.08. The second-order valence-corrected chi connectivity index (χ2v) is 5.38. The lowest BCUT2D eigenvalue weighted by Crippen LogP contribution is -1.99. The molecule has 0 atom stereocenters. The zero-order valence-electron chi connectivity index (χ0n) is 10.9. The molecule has 5 nitrogen and oxygen atoms in total. The third-order valence-electron chi connectivity index (χ3n) is 3.09. The SMILES string of the molecule is O=[N+]([O-])c1cc(NCc2cc3ccccc3o2)ccc1Br. The molecular weight excluding hydrogens is 336 g/mol. The van der Waals surface area contributed by atoms with Crippen LogP contribution in [-0.4, -0.2) is 4.92 Å². The first-order chi connectivity index (χ1) is 10.1. The molecule has 0 aliphatic heterocycles. The smallest absolute Gasteiger partial charge is 0.285 e. The summed E-state index contributed by atoms with van der Waals surface area (Å²) in [5.41, 5.74) is 1.53. The van der Waals surface area contributed by atoms with Gasteiger partial charge in [-0.1, -0.05) is 18.2 Å². The van der Waals surface area contributed by atoms with Crippen molar-refractivity contribution in [1.29, 1.82) is 0 Å². The van der Waals surface area contributed by atoms with E-state index in [1.54, 1.807) is 12.1 Å². The van der Waals surface area contributed by atoms with Gasteiger partial charge in [0.05, 0.1) is 15.9 Å². The van der Waals surface area contributed by atoms with Gasteiger partial charge in [-0.25, -0.2) is 0 Å². The minimum atomic E-state index is -0.420. The van der Waals surface area contributed by atoms with Crippen molar-refractivity contribution in [3.8, 4) is 0 Å². The highest BCUT2D eigenvalue weighted by Gasteiger charge is 2.12. The van der Waals surface area contributed by atoms with Gasteiger partial charge in [-0.3, -0.25) is 10.1 Å². The van der Waals surface area contributed by atoms with E-state index in [4.69, 9.17) is 4.42 Å². The van der Waals surface area contributed by atoms with Crippen molar-refractivity contribution in [1.82, 2.24) is 0 Å². The van der Waals surface area contributed by atoms with Gasteiger partial charge < -0.3 is 9.73 Å². The van der Waals surface area contributed by atoms with Crippen molar-refractivity contribution in [2.45, 2.75) is 6.54 Å². The van der Waals surface area contributed by atoms with Gasteiger partial charge in [0.25, 0.3) is 5.69 Å². The summed E-state index contributed by atoms with van der Waals surface area (Å²) < 4.78 is 6.15. The fraction of sp³-hybridized carbons (Fsp3) is 0.0667. The average Bonchev–Trinajstić information content (AvgIpc) is 2.89. The molecule has 21 heavy (non-hydrogen) atoms. The fourth-order valence-electron chi connectivity index (χ4n) is 2.08. The van der Waals surface area contributed by atoms with Crippen molar-refractivity contribution in [3.05, 3.63) is 68.9 Å². The monoisotopic (exact) mass is 346 g/mol. The molecule has 0 spiro atoms. The summed E-state index contributed by atoms with van der Waals surface area (Å²) >= 11 is 3.16. The first-order valence-electron chi connectivity index (χ1n) is 6.29. The molecule has 0 unspecified atom stereocenters. The molecule has 0 saturated heterocycles. The Morgan fingerprint density at radius 3 is 2.76 bits per heavy atom. The highest BCUT2D eigenvalue weighted by atomic mass is 79.9. The second kappa shape index (κ2) is 5.57. The zero-order valence-corrected chi connectivity index (χ0v) is 12.5. The molecule has 6 heteroatoms. The first kappa shape index (κ1) is 13.6. The van der Waals surface area contributed by atoms with Crippen LogP contribution in [-0.2, 0) is 6.54 Å². The van der Waals surface area contributed by atoms with Gasteiger partial charge in [0, 0.05) is 17.1 Å². The number of furan rings is 1. The number of anilines is 1. The van der Waals surface area contributed by atoms with E-state index in [2.05, 4.69) is 21.2 Å². The largest absolute Gasteiger partial charge is 0.459 e. The van der Waals surface area contributed by atoms with Crippen molar-refractivity contribution in [2.24, 2.45) is 0 Å². The van der Waals surface area contributed by atoms with Crippen LogP contribution in [0.4, 0.5) is 11.4 Å². The Kier molecular flexibility index (Phi) is 3.62. The number of nitrogens with zero attached hydrogens (tertiary/aromatic N) is 1. The Labute approximate surface area is 128 Å². The van der Waals surface area contributed by atoms with Crippen LogP contribution in [0.15, 0.2) is 57.4 Å². The number of para-hydroxylation sites is 1. The van der Waals surface area contributed by atoms with Gasteiger partial charge >= 0.3 is 0 Å². The van der Waals surface area contributed by atoms with E-state index in [0.717, 1.165) is 16.7 Å². The van der Waals surface area contributed by atoms with Gasteiger partial charge in [0.1, 0.15) is 11.3 Å². The van der Waals surface area contributed by atoms with Crippen molar-refractivity contribution >= 4 is 38.3 Å². The average molecular weight is 347 g/mol.